The molecule has 0 spiro atoms. The minimum atomic E-state index is -3.32. The molecule has 5 heteroatoms. The number of fused-ring (bicyclic) bond motifs is 1. The molecule has 2 aromatic carbocycles. The van der Waals surface area contributed by atoms with Crippen LogP contribution in [0.4, 0.5) is 11.4 Å². The van der Waals surface area contributed by atoms with Gasteiger partial charge in [-0.2, -0.15) is 0 Å². The highest BCUT2D eigenvalue weighted by Crippen LogP contribution is 2.33. The molecule has 2 N–H and O–H groups in total. The van der Waals surface area contributed by atoms with E-state index < -0.39 is 10.0 Å². The van der Waals surface area contributed by atoms with E-state index in [4.69, 9.17) is 5.73 Å². The maximum atomic E-state index is 11.6. The van der Waals surface area contributed by atoms with Crippen LogP contribution in [0.5, 0.6) is 0 Å². The smallest absolute Gasteiger partial charge is 0.232 e. The fraction of sp³-hybridized carbons (Fsp3) is 0.167. The van der Waals surface area contributed by atoms with E-state index in [0.717, 1.165) is 17.0 Å². The fourth-order valence-electron chi connectivity index (χ4n) is 1.79. The molecule has 0 amide bonds. The number of sulfonamides is 1. The summed E-state index contributed by atoms with van der Waals surface area (Å²) in [4.78, 5) is 0. The number of nitrogens with two attached hydrogens (primary N) is 1. The maximum absolute atomic E-state index is 11.6. The lowest BCUT2D eigenvalue weighted by Crippen LogP contribution is -2.25. The fourth-order valence-corrected chi connectivity index (χ4v) is 2.32. The Morgan fingerprint density at radius 3 is 2.41 bits per heavy atom. The van der Waals surface area contributed by atoms with Crippen molar-refractivity contribution in [3.63, 3.8) is 0 Å². The van der Waals surface area contributed by atoms with E-state index in [1.165, 1.54) is 11.4 Å². The van der Waals surface area contributed by atoms with Gasteiger partial charge >= 0.3 is 0 Å². The van der Waals surface area contributed by atoms with E-state index in [9.17, 15) is 8.42 Å². The molecule has 0 heterocycles. The zero-order valence-electron chi connectivity index (χ0n) is 9.71. The molecule has 0 radical (unpaired) electrons. The standard InChI is InChI=1S/C12H14N2O2S/c1-14(17(2,15)16)12-10-6-4-3-5-9(10)7-8-11(12)13/h3-8H,13H2,1-2H3. The quantitative estimate of drug-likeness (QED) is 0.827. The second-order valence-electron chi connectivity index (χ2n) is 3.96. The first kappa shape index (κ1) is 11.7. The molecule has 0 fully saturated rings. The predicted octanol–water partition coefficient (Wildman–Crippen LogP) is 1.82. The number of hydrogen-bond donors (Lipinski definition) is 1. The van der Waals surface area contributed by atoms with Gasteiger partial charge in [0.1, 0.15) is 0 Å². The monoisotopic (exact) mass is 250 g/mol. The highest BCUT2D eigenvalue weighted by molar-refractivity contribution is 7.92. The highest BCUT2D eigenvalue weighted by Gasteiger charge is 2.17. The summed E-state index contributed by atoms with van der Waals surface area (Å²) in [6, 6.07) is 11.2. The Balaban J connectivity index is 2.80. The van der Waals surface area contributed by atoms with Crippen molar-refractivity contribution in [3.05, 3.63) is 36.4 Å². The first-order chi connectivity index (χ1) is 7.91. The van der Waals surface area contributed by atoms with E-state index in [1.54, 1.807) is 6.07 Å². The van der Waals surface area contributed by atoms with E-state index in [0.29, 0.717) is 11.4 Å². The molecule has 0 aliphatic rings. The Morgan fingerprint density at radius 2 is 1.76 bits per heavy atom. The normalized spacial score (nSPS) is 11.6. The Hall–Kier alpha value is -1.75. The van der Waals surface area contributed by atoms with Crippen molar-refractivity contribution in [2.45, 2.75) is 0 Å². The summed E-state index contributed by atoms with van der Waals surface area (Å²) in [5.41, 5.74) is 6.87. The molecule has 0 atom stereocenters. The number of nitrogen functional groups attached to an aromatic ring is 1. The molecule has 0 saturated carbocycles. The van der Waals surface area contributed by atoms with Gasteiger partial charge < -0.3 is 5.73 Å². The SMILES string of the molecule is CN(c1c(N)ccc2ccccc12)S(C)(=O)=O. The Labute approximate surface area is 101 Å². The van der Waals surface area contributed by atoms with Crippen LogP contribution in [0.15, 0.2) is 36.4 Å². The van der Waals surface area contributed by atoms with E-state index >= 15 is 0 Å². The van der Waals surface area contributed by atoms with Crippen molar-refractivity contribution < 1.29 is 8.42 Å². The van der Waals surface area contributed by atoms with Gasteiger partial charge in [0.25, 0.3) is 0 Å². The third kappa shape index (κ3) is 2.06. The van der Waals surface area contributed by atoms with Gasteiger partial charge in [-0.15, -0.1) is 0 Å². The molecule has 0 aliphatic carbocycles. The van der Waals surface area contributed by atoms with Crippen molar-refractivity contribution in [2.24, 2.45) is 0 Å². The molecule has 0 aliphatic heterocycles. The number of nitrogens with zero attached hydrogens (tertiary/aromatic N) is 1. The summed E-state index contributed by atoms with van der Waals surface area (Å²) in [6.45, 7) is 0. The van der Waals surface area contributed by atoms with Crippen LogP contribution in [-0.4, -0.2) is 21.7 Å². The zero-order valence-corrected chi connectivity index (χ0v) is 10.5. The summed E-state index contributed by atoms with van der Waals surface area (Å²) >= 11 is 0. The van der Waals surface area contributed by atoms with Crippen molar-refractivity contribution in [3.8, 4) is 0 Å². The van der Waals surface area contributed by atoms with Crippen molar-refractivity contribution in [2.75, 3.05) is 23.3 Å². The molecule has 2 aromatic rings. The molecule has 0 unspecified atom stereocenters. The van der Waals surface area contributed by atoms with Gasteiger partial charge in [-0.1, -0.05) is 30.3 Å². The van der Waals surface area contributed by atoms with Crippen LogP contribution >= 0.6 is 0 Å². The predicted molar refractivity (Wildman–Crippen MR) is 71.6 cm³/mol. The Bertz CT molecular complexity index is 665. The number of anilines is 2. The topological polar surface area (TPSA) is 63.4 Å². The van der Waals surface area contributed by atoms with E-state index in [1.807, 2.05) is 30.3 Å². The minimum Gasteiger partial charge on any atom is -0.397 e. The summed E-state index contributed by atoms with van der Waals surface area (Å²) in [5.74, 6) is 0. The Morgan fingerprint density at radius 1 is 1.12 bits per heavy atom. The van der Waals surface area contributed by atoms with Gasteiger partial charge in [0.2, 0.25) is 10.0 Å². The lowest BCUT2D eigenvalue weighted by molar-refractivity contribution is 0.600. The van der Waals surface area contributed by atoms with Gasteiger partial charge in [-0.05, 0) is 11.5 Å². The minimum absolute atomic E-state index is 0.455. The summed E-state index contributed by atoms with van der Waals surface area (Å²) in [7, 11) is -1.81. The third-order valence-electron chi connectivity index (χ3n) is 2.74. The molecule has 4 nitrogen and oxygen atoms in total. The van der Waals surface area contributed by atoms with Gasteiger partial charge in [-0.25, -0.2) is 8.42 Å². The first-order valence-electron chi connectivity index (χ1n) is 5.12. The number of rotatable bonds is 2. The van der Waals surface area contributed by atoms with Crippen LogP contribution < -0.4 is 10.0 Å². The van der Waals surface area contributed by atoms with Crippen LogP contribution in [0.1, 0.15) is 0 Å². The first-order valence-corrected chi connectivity index (χ1v) is 6.97. The van der Waals surface area contributed by atoms with Gasteiger partial charge in [0.15, 0.2) is 0 Å². The van der Waals surface area contributed by atoms with Crippen molar-refractivity contribution in [1.82, 2.24) is 0 Å². The summed E-state index contributed by atoms with van der Waals surface area (Å²) < 4.78 is 24.4. The lowest BCUT2D eigenvalue weighted by atomic mass is 10.1. The molecule has 90 valence electrons. The summed E-state index contributed by atoms with van der Waals surface area (Å²) in [5, 5.41) is 1.80. The number of benzene rings is 2. The van der Waals surface area contributed by atoms with Crippen LogP contribution in [0.2, 0.25) is 0 Å². The van der Waals surface area contributed by atoms with Crippen molar-refractivity contribution in [1.29, 1.82) is 0 Å². The Kier molecular flexibility index (Phi) is 2.71. The lowest BCUT2D eigenvalue weighted by Gasteiger charge is -2.20. The molecule has 0 aromatic heterocycles. The van der Waals surface area contributed by atoms with Crippen LogP contribution in [-0.2, 0) is 10.0 Å². The third-order valence-corrected chi connectivity index (χ3v) is 3.92. The molecular formula is C12H14N2O2S. The molecule has 0 saturated heterocycles. The average molecular weight is 250 g/mol. The highest BCUT2D eigenvalue weighted by atomic mass is 32.2. The average Bonchev–Trinajstić information content (AvgIpc) is 2.27. The largest absolute Gasteiger partial charge is 0.397 e. The molecular weight excluding hydrogens is 236 g/mol. The summed E-state index contributed by atoms with van der Waals surface area (Å²) in [6.07, 6.45) is 1.16. The maximum Gasteiger partial charge on any atom is 0.232 e. The van der Waals surface area contributed by atoms with Gasteiger partial charge in [0.05, 0.1) is 17.6 Å². The van der Waals surface area contributed by atoms with Crippen LogP contribution in [0.3, 0.4) is 0 Å². The van der Waals surface area contributed by atoms with Crippen molar-refractivity contribution >= 4 is 32.2 Å². The molecule has 2 rings (SSSR count). The van der Waals surface area contributed by atoms with E-state index in [-0.39, 0.29) is 0 Å². The van der Waals surface area contributed by atoms with Gasteiger partial charge in [0, 0.05) is 12.4 Å². The van der Waals surface area contributed by atoms with Crippen LogP contribution in [0, 0.1) is 0 Å². The second kappa shape index (κ2) is 3.92. The van der Waals surface area contributed by atoms with E-state index in [2.05, 4.69) is 0 Å². The zero-order chi connectivity index (χ0) is 12.6. The molecule has 0 bridgehead atoms. The number of hydrogen-bond acceptors (Lipinski definition) is 3. The van der Waals surface area contributed by atoms with Crippen LogP contribution in [0.25, 0.3) is 10.8 Å². The van der Waals surface area contributed by atoms with Gasteiger partial charge in [-0.3, -0.25) is 4.31 Å². The second-order valence-corrected chi connectivity index (χ2v) is 5.97. The molecule has 17 heavy (non-hydrogen) atoms.